The lowest BCUT2D eigenvalue weighted by molar-refractivity contribution is 0.0686. The number of hydrogen-bond donors (Lipinski definition) is 1. The maximum Gasteiger partial charge on any atom is 0.352 e. The molecule has 0 saturated heterocycles. The zero-order valence-electron chi connectivity index (χ0n) is 8.90. The number of nitrogens with zero attached hydrogens (tertiary/aromatic N) is 1. The number of carbonyl (C=O) groups is 1. The summed E-state index contributed by atoms with van der Waals surface area (Å²) in [5, 5.41) is 10.0. The van der Waals surface area contributed by atoms with Crippen molar-refractivity contribution in [1.29, 1.82) is 0 Å². The lowest BCUT2D eigenvalue weighted by Gasteiger charge is -2.05. The summed E-state index contributed by atoms with van der Waals surface area (Å²) in [5.74, 6) is 1.53. The number of hydrogen-bond acceptors (Lipinski definition) is 1. The average molecular weight is 213 g/mol. The number of rotatable bonds is 2. The highest BCUT2D eigenvalue weighted by molar-refractivity contribution is 5.95. The quantitative estimate of drug-likeness (QED) is 0.777. The number of carboxylic acid groups (broad SMARTS) is 1. The second-order valence-corrected chi connectivity index (χ2v) is 3.64. The molecule has 0 atom stereocenters. The Morgan fingerprint density at radius 1 is 1.56 bits per heavy atom. The molecule has 1 N–H and O–H groups in total. The first kappa shape index (κ1) is 10.3. The minimum absolute atomic E-state index is 0.238. The Morgan fingerprint density at radius 2 is 2.31 bits per heavy atom. The van der Waals surface area contributed by atoms with Gasteiger partial charge in [-0.1, -0.05) is 24.1 Å². The van der Waals surface area contributed by atoms with Crippen molar-refractivity contribution in [3.63, 3.8) is 0 Å². The van der Waals surface area contributed by atoms with E-state index >= 15 is 0 Å². The van der Waals surface area contributed by atoms with Crippen molar-refractivity contribution in [2.24, 2.45) is 0 Å². The Balaban J connectivity index is 2.83. The van der Waals surface area contributed by atoms with Crippen LogP contribution in [0.5, 0.6) is 0 Å². The summed E-state index contributed by atoms with van der Waals surface area (Å²) in [6, 6.07) is 7.40. The second-order valence-electron chi connectivity index (χ2n) is 3.64. The highest BCUT2D eigenvalue weighted by Crippen LogP contribution is 2.23. The molecule has 0 saturated carbocycles. The Morgan fingerprint density at radius 3 is 2.94 bits per heavy atom. The summed E-state index contributed by atoms with van der Waals surface area (Å²) in [6.07, 6.45) is 5.27. The van der Waals surface area contributed by atoms with Gasteiger partial charge in [-0.3, -0.25) is 0 Å². The molecule has 0 aliphatic carbocycles. The lowest BCUT2D eigenvalue weighted by Crippen LogP contribution is -2.07. The lowest BCUT2D eigenvalue weighted by atomic mass is 10.2. The number of fused-ring (bicyclic) bond motifs is 1. The van der Waals surface area contributed by atoms with Gasteiger partial charge in [-0.15, -0.1) is 6.42 Å². The predicted octanol–water partition coefficient (Wildman–Crippen LogP) is 2.28. The van der Waals surface area contributed by atoms with Crippen molar-refractivity contribution in [2.45, 2.75) is 13.5 Å². The van der Waals surface area contributed by atoms with E-state index in [1.54, 1.807) is 10.6 Å². The molecular weight excluding hydrogens is 202 g/mol. The molecule has 0 bridgehead atoms. The van der Waals surface area contributed by atoms with E-state index in [0.717, 1.165) is 16.5 Å². The van der Waals surface area contributed by atoms with Crippen molar-refractivity contribution in [3.8, 4) is 12.3 Å². The standard InChI is InChI=1S/C13H11NO2/c1-3-7-14-11(13(15)16)8-10-6-4-5-9(2)12(10)14/h1,4-6,8H,7H2,2H3,(H,15,16). The van der Waals surface area contributed by atoms with E-state index in [-0.39, 0.29) is 12.2 Å². The fourth-order valence-electron chi connectivity index (χ4n) is 1.95. The molecule has 0 amide bonds. The van der Waals surface area contributed by atoms with Gasteiger partial charge in [0.15, 0.2) is 0 Å². The summed E-state index contributed by atoms with van der Waals surface area (Å²) >= 11 is 0. The minimum atomic E-state index is -0.953. The van der Waals surface area contributed by atoms with Crippen molar-refractivity contribution in [2.75, 3.05) is 0 Å². The first-order chi connectivity index (χ1) is 7.65. The Hall–Kier alpha value is -2.21. The summed E-state index contributed by atoms with van der Waals surface area (Å²) < 4.78 is 1.66. The molecule has 80 valence electrons. The zero-order valence-corrected chi connectivity index (χ0v) is 8.90. The van der Waals surface area contributed by atoms with Gasteiger partial charge >= 0.3 is 5.97 Å². The highest BCUT2D eigenvalue weighted by Gasteiger charge is 2.14. The van der Waals surface area contributed by atoms with E-state index in [9.17, 15) is 4.79 Å². The van der Waals surface area contributed by atoms with E-state index in [0.29, 0.717) is 0 Å². The van der Waals surface area contributed by atoms with Crippen LogP contribution in [0, 0.1) is 19.3 Å². The van der Waals surface area contributed by atoms with Gasteiger partial charge in [0, 0.05) is 5.39 Å². The molecule has 0 aliphatic heterocycles. The third kappa shape index (κ3) is 1.45. The molecule has 0 spiro atoms. The molecule has 0 aliphatic rings. The summed E-state index contributed by atoms with van der Waals surface area (Å²) in [5.41, 5.74) is 2.17. The van der Waals surface area contributed by atoms with Crippen LogP contribution < -0.4 is 0 Å². The first-order valence-corrected chi connectivity index (χ1v) is 4.90. The largest absolute Gasteiger partial charge is 0.477 e. The SMILES string of the molecule is C#CCn1c(C(=O)O)cc2cccc(C)c21. The van der Waals surface area contributed by atoms with Gasteiger partial charge in [0.1, 0.15) is 5.69 Å². The topological polar surface area (TPSA) is 42.2 Å². The van der Waals surface area contributed by atoms with Gasteiger partial charge in [-0.05, 0) is 18.6 Å². The zero-order chi connectivity index (χ0) is 11.7. The molecule has 1 aromatic heterocycles. The van der Waals surface area contributed by atoms with E-state index < -0.39 is 5.97 Å². The molecule has 1 heterocycles. The number of para-hydroxylation sites is 1. The van der Waals surface area contributed by atoms with Crippen LogP contribution in [-0.4, -0.2) is 15.6 Å². The Kier molecular flexibility index (Phi) is 2.41. The number of benzene rings is 1. The maximum absolute atomic E-state index is 11.1. The predicted molar refractivity (Wildman–Crippen MR) is 62.5 cm³/mol. The van der Waals surface area contributed by atoms with Crippen molar-refractivity contribution in [1.82, 2.24) is 4.57 Å². The molecule has 0 unspecified atom stereocenters. The summed E-state index contributed by atoms with van der Waals surface area (Å²) in [4.78, 5) is 11.1. The van der Waals surface area contributed by atoms with Gasteiger partial charge in [-0.25, -0.2) is 4.79 Å². The smallest absolute Gasteiger partial charge is 0.352 e. The number of aromatic carboxylic acids is 1. The van der Waals surface area contributed by atoms with Crippen molar-refractivity contribution >= 4 is 16.9 Å². The normalized spacial score (nSPS) is 10.2. The maximum atomic E-state index is 11.1. The Labute approximate surface area is 93.3 Å². The molecule has 1 aromatic carbocycles. The molecule has 16 heavy (non-hydrogen) atoms. The van der Waals surface area contributed by atoms with Gasteiger partial charge in [0.25, 0.3) is 0 Å². The van der Waals surface area contributed by atoms with E-state index in [1.165, 1.54) is 0 Å². The van der Waals surface area contributed by atoms with Crippen LogP contribution in [0.2, 0.25) is 0 Å². The molecule has 2 rings (SSSR count). The summed E-state index contributed by atoms with van der Waals surface area (Å²) in [7, 11) is 0. The second kappa shape index (κ2) is 3.74. The van der Waals surface area contributed by atoms with Crippen molar-refractivity contribution in [3.05, 3.63) is 35.5 Å². The van der Waals surface area contributed by atoms with Crippen LogP contribution in [-0.2, 0) is 6.54 Å². The van der Waals surface area contributed by atoms with E-state index in [1.807, 2.05) is 25.1 Å². The van der Waals surface area contributed by atoms with Crippen LogP contribution in [0.15, 0.2) is 24.3 Å². The van der Waals surface area contributed by atoms with Crippen LogP contribution in [0.25, 0.3) is 10.9 Å². The number of aryl methyl sites for hydroxylation is 1. The van der Waals surface area contributed by atoms with Gasteiger partial charge in [0.2, 0.25) is 0 Å². The number of terminal acetylenes is 1. The Bertz CT molecular complexity index is 602. The molecular formula is C13H11NO2. The van der Waals surface area contributed by atoms with Gasteiger partial charge < -0.3 is 9.67 Å². The first-order valence-electron chi connectivity index (χ1n) is 4.90. The fraction of sp³-hybridized carbons (Fsp3) is 0.154. The molecule has 3 nitrogen and oxygen atoms in total. The number of aromatic nitrogens is 1. The minimum Gasteiger partial charge on any atom is -0.477 e. The van der Waals surface area contributed by atoms with Crippen LogP contribution in [0.4, 0.5) is 0 Å². The molecule has 0 radical (unpaired) electrons. The van der Waals surface area contributed by atoms with E-state index in [2.05, 4.69) is 5.92 Å². The third-order valence-electron chi connectivity index (χ3n) is 2.59. The van der Waals surface area contributed by atoms with Crippen molar-refractivity contribution < 1.29 is 9.90 Å². The van der Waals surface area contributed by atoms with Gasteiger partial charge in [-0.2, -0.15) is 0 Å². The highest BCUT2D eigenvalue weighted by atomic mass is 16.4. The summed E-state index contributed by atoms with van der Waals surface area (Å²) in [6.45, 7) is 2.22. The van der Waals surface area contributed by atoms with Gasteiger partial charge in [0.05, 0.1) is 12.1 Å². The third-order valence-corrected chi connectivity index (χ3v) is 2.59. The molecule has 2 aromatic rings. The van der Waals surface area contributed by atoms with E-state index in [4.69, 9.17) is 11.5 Å². The molecule has 3 heteroatoms. The average Bonchev–Trinajstić information content (AvgIpc) is 2.59. The van der Waals surface area contributed by atoms with Crippen LogP contribution >= 0.6 is 0 Å². The fourth-order valence-corrected chi connectivity index (χ4v) is 1.95. The van der Waals surface area contributed by atoms with Crippen LogP contribution in [0.3, 0.4) is 0 Å². The number of carboxylic acids is 1. The molecule has 0 fully saturated rings. The monoisotopic (exact) mass is 213 g/mol. The van der Waals surface area contributed by atoms with Crippen LogP contribution in [0.1, 0.15) is 16.1 Å².